The summed E-state index contributed by atoms with van der Waals surface area (Å²) < 4.78 is 4.13. The molecule has 0 spiro atoms. The molecule has 0 bridgehead atoms. The second-order valence-corrected chi connectivity index (χ2v) is 8.59. The van der Waals surface area contributed by atoms with Gasteiger partial charge in [0.25, 0.3) is 0 Å². The Labute approximate surface area is 182 Å². The van der Waals surface area contributed by atoms with Crippen molar-refractivity contribution in [3.05, 3.63) is 66.3 Å². The lowest BCUT2D eigenvalue weighted by Crippen LogP contribution is -2.09. The minimum atomic E-state index is 0.261. The first-order chi connectivity index (χ1) is 15.0. The molecule has 0 unspecified atom stereocenters. The maximum atomic E-state index is 5.15. The molecule has 0 radical (unpaired) electrons. The number of imidazole rings is 1. The van der Waals surface area contributed by atoms with E-state index in [1.165, 1.54) is 5.69 Å². The third-order valence-corrected chi connectivity index (χ3v) is 6.60. The van der Waals surface area contributed by atoms with E-state index in [4.69, 9.17) is 15.1 Å². The number of hydrogen-bond acceptors (Lipinski definition) is 4. The molecule has 0 amide bonds. The Morgan fingerprint density at radius 2 is 1.97 bits per heavy atom. The van der Waals surface area contributed by atoms with Crippen LogP contribution < -0.4 is 0 Å². The smallest absolute Gasteiger partial charge is 0.158 e. The van der Waals surface area contributed by atoms with Crippen LogP contribution in [-0.4, -0.2) is 29.1 Å². The van der Waals surface area contributed by atoms with Crippen LogP contribution in [0.2, 0.25) is 0 Å². The highest BCUT2D eigenvalue weighted by Crippen LogP contribution is 2.46. The molecule has 5 rings (SSSR count). The zero-order chi connectivity index (χ0) is 21.7. The molecule has 0 aromatic carbocycles. The molecule has 31 heavy (non-hydrogen) atoms. The average Bonchev–Trinajstić information content (AvgIpc) is 3.50. The van der Waals surface area contributed by atoms with Crippen LogP contribution in [0.5, 0.6) is 0 Å². The SMILES string of the molecule is C=C(C)c1nc([C@H]2CCC[C@H]2c2nc3c4cccnc4ccn3c2C)nn1/C(C)=C\C. The lowest BCUT2D eigenvalue weighted by molar-refractivity contribution is 0.574. The van der Waals surface area contributed by atoms with Gasteiger partial charge in [-0.05, 0) is 64.3 Å². The van der Waals surface area contributed by atoms with Gasteiger partial charge in [-0.15, -0.1) is 0 Å². The highest BCUT2D eigenvalue weighted by molar-refractivity contribution is 5.91. The van der Waals surface area contributed by atoms with E-state index < -0.39 is 0 Å². The van der Waals surface area contributed by atoms with Crippen LogP contribution in [0.15, 0.2) is 43.2 Å². The van der Waals surface area contributed by atoms with Crippen LogP contribution in [0, 0.1) is 6.92 Å². The summed E-state index contributed by atoms with van der Waals surface area (Å²) in [6.07, 6.45) is 9.31. The van der Waals surface area contributed by atoms with Crippen molar-refractivity contribution in [1.82, 2.24) is 29.1 Å². The van der Waals surface area contributed by atoms with E-state index in [-0.39, 0.29) is 5.92 Å². The fraction of sp³-hybridized carbons (Fsp3) is 0.360. The van der Waals surface area contributed by atoms with E-state index in [9.17, 15) is 0 Å². The number of aromatic nitrogens is 6. The first-order valence-electron chi connectivity index (χ1n) is 11.0. The number of allylic oxidation sites excluding steroid dienone is 3. The van der Waals surface area contributed by atoms with E-state index in [1.807, 2.05) is 30.8 Å². The van der Waals surface area contributed by atoms with E-state index in [2.05, 4.69) is 54.2 Å². The molecule has 0 N–H and O–H groups in total. The molecule has 6 heteroatoms. The van der Waals surface area contributed by atoms with Crippen molar-refractivity contribution in [3.8, 4) is 0 Å². The summed E-state index contributed by atoms with van der Waals surface area (Å²) in [6.45, 7) is 12.4. The quantitative estimate of drug-likeness (QED) is 0.428. The highest BCUT2D eigenvalue weighted by atomic mass is 15.4. The predicted octanol–water partition coefficient (Wildman–Crippen LogP) is 5.75. The first kappa shape index (κ1) is 19.7. The summed E-state index contributed by atoms with van der Waals surface area (Å²) in [5.41, 5.74) is 6.31. The van der Waals surface area contributed by atoms with Crippen molar-refractivity contribution < 1.29 is 0 Å². The standard InChI is InChI=1S/C25H28N6/c1-6-16(4)31-24(15(2)3)28-23(29-31)19-10-7-9-18(19)22-17(5)30-14-12-21-20(25(30)27-22)11-8-13-26-21/h6,8,11-14,18-19H,2,7,9-10H2,1,3-5H3/b16-6-/t18-,19+/m1/s1. The Morgan fingerprint density at radius 3 is 2.74 bits per heavy atom. The third kappa shape index (κ3) is 3.09. The molecule has 4 aromatic heterocycles. The Kier molecular flexibility index (Phi) is 4.73. The molecule has 1 aliphatic carbocycles. The summed E-state index contributed by atoms with van der Waals surface area (Å²) in [6, 6.07) is 6.14. The van der Waals surface area contributed by atoms with Crippen molar-refractivity contribution in [1.29, 1.82) is 0 Å². The van der Waals surface area contributed by atoms with Crippen molar-refractivity contribution >= 4 is 27.8 Å². The summed E-state index contributed by atoms with van der Waals surface area (Å²) in [4.78, 5) is 14.6. The van der Waals surface area contributed by atoms with Crippen molar-refractivity contribution in [3.63, 3.8) is 0 Å². The number of pyridine rings is 2. The zero-order valence-electron chi connectivity index (χ0n) is 18.6. The molecule has 4 heterocycles. The monoisotopic (exact) mass is 412 g/mol. The van der Waals surface area contributed by atoms with Crippen LogP contribution in [0.25, 0.3) is 27.8 Å². The summed E-state index contributed by atoms with van der Waals surface area (Å²) in [5.74, 6) is 2.33. The minimum Gasteiger partial charge on any atom is -0.303 e. The number of aryl methyl sites for hydroxylation is 1. The van der Waals surface area contributed by atoms with Crippen molar-refractivity contribution in [2.24, 2.45) is 0 Å². The second-order valence-electron chi connectivity index (χ2n) is 8.59. The molecule has 1 fully saturated rings. The van der Waals surface area contributed by atoms with E-state index in [0.29, 0.717) is 5.92 Å². The van der Waals surface area contributed by atoms with E-state index >= 15 is 0 Å². The van der Waals surface area contributed by atoms with Crippen LogP contribution >= 0.6 is 0 Å². The fourth-order valence-electron chi connectivity index (χ4n) is 4.87. The molecular formula is C25H28N6. The highest BCUT2D eigenvalue weighted by Gasteiger charge is 2.36. The Balaban J connectivity index is 1.62. The lowest BCUT2D eigenvalue weighted by Gasteiger charge is -2.15. The molecule has 0 saturated heterocycles. The molecule has 1 saturated carbocycles. The number of nitrogens with zero attached hydrogens (tertiary/aromatic N) is 6. The van der Waals surface area contributed by atoms with Gasteiger partial charge in [-0.3, -0.25) is 4.98 Å². The van der Waals surface area contributed by atoms with Crippen LogP contribution in [-0.2, 0) is 0 Å². The molecule has 2 atom stereocenters. The second kappa shape index (κ2) is 7.45. The van der Waals surface area contributed by atoms with Crippen LogP contribution in [0.1, 0.15) is 74.9 Å². The van der Waals surface area contributed by atoms with Gasteiger partial charge < -0.3 is 4.40 Å². The Bertz CT molecular complexity index is 1340. The van der Waals surface area contributed by atoms with Gasteiger partial charge in [-0.25, -0.2) is 14.6 Å². The van der Waals surface area contributed by atoms with E-state index in [1.54, 1.807) is 0 Å². The van der Waals surface area contributed by atoms with Crippen LogP contribution in [0.4, 0.5) is 0 Å². The van der Waals surface area contributed by atoms with Gasteiger partial charge in [0.1, 0.15) is 5.65 Å². The predicted molar refractivity (Wildman–Crippen MR) is 125 cm³/mol. The number of fused-ring (bicyclic) bond motifs is 3. The van der Waals surface area contributed by atoms with Crippen LogP contribution in [0.3, 0.4) is 0 Å². The molecule has 6 nitrogen and oxygen atoms in total. The van der Waals surface area contributed by atoms with Gasteiger partial charge in [0.2, 0.25) is 0 Å². The molecular weight excluding hydrogens is 384 g/mol. The summed E-state index contributed by atoms with van der Waals surface area (Å²) in [7, 11) is 0. The normalized spacial score (nSPS) is 19.5. The van der Waals surface area contributed by atoms with E-state index in [0.717, 1.165) is 64.4 Å². The van der Waals surface area contributed by atoms with Gasteiger partial charge in [-0.1, -0.05) is 19.1 Å². The molecule has 0 aliphatic heterocycles. The lowest BCUT2D eigenvalue weighted by atomic mass is 9.91. The summed E-state index contributed by atoms with van der Waals surface area (Å²) >= 11 is 0. The average molecular weight is 413 g/mol. The number of rotatable bonds is 4. The maximum absolute atomic E-state index is 5.15. The topological polar surface area (TPSA) is 60.9 Å². The molecule has 4 aromatic rings. The molecule has 158 valence electrons. The third-order valence-electron chi connectivity index (χ3n) is 6.60. The first-order valence-corrected chi connectivity index (χ1v) is 11.0. The van der Waals surface area contributed by atoms with Gasteiger partial charge in [0.05, 0.1) is 11.2 Å². The largest absolute Gasteiger partial charge is 0.303 e. The van der Waals surface area contributed by atoms with Gasteiger partial charge in [-0.2, -0.15) is 5.10 Å². The maximum Gasteiger partial charge on any atom is 0.158 e. The minimum absolute atomic E-state index is 0.261. The van der Waals surface area contributed by atoms with Crippen molar-refractivity contribution in [2.45, 2.75) is 58.8 Å². The van der Waals surface area contributed by atoms with Gasteiger partial charge in [0.15, 0.2) is 11.6 Å². The fourth-order valence-corrected chi connectivity index (χ4v) is 4.87. The zero-order valence-corrected chi connectivity index (χ0v) is 18.6. The Morgan fingerprint density at radius 1 is 1.16 bits per heavy atom. The Hall–Kier alpha value is -3.28. The summed E-state index contributed by atoms with van der Waals surface area (Å²) in [5, 5.41) is 6.01. The van der Waals surface area contributed by atoms with Crippen molar-refractivity contribution in [2.75, 3.05) is 0 Å². The molecule has 1 aliphatic rings. The van der Waals surface area contributed by atoms with Gasteiger partial charge in [0, 0.05) is 41.0 Å². The number of hydrogen-bond donors (Lipinski definition) is 0. The van der Waals surface area contributed by atoms with Gasteiger partial charge >= 0.3 is 0 Å².